The summed E-state index contributed by atoms with van der Waals surface area (Å²) in [5, 5.41) is 0. The van der Waals surface area contributed by atoms with Crippen LogP contribution in [-0.2, 0) is 9.84 Å². The van der Waals surface area contributed by atoms with E-state index in [1.165, 1.54) is 0 Å². The van der Waals surface area contributed by atoms with Gasteiger partial charge in [0.15, 0.2) is 9.84 Å². The van der Waals surface area contributed by atoms with Crippen LogP contribution in [0.2, 0.25) is 0 Å². The monoisotopic (exact) mass is 241 g/mol. The Bertz CT molecular complexity index is 466. The largest absolute Gasteiger partial charge is 0.397 e. The van der Waals surface area contributed by atoms with Crippen molar-refractivity contribution in [2.45, 2.75) is 32.1 Å². The number of nitrogen functional groups attached to an aromatic ring is 1. The molecule has 0 aliphatic heterocycles. The molecule has 0 aliphatic rings. The summed E-state index contributed by atoms with van der Waals surface area (Å²) < 4.78 is 24.2. The van der Waals surface area contributed by atoms with Gasteiger partial charge in [-0.1, -0.05) is 32.4 Å². The topological polar surface area (TPSA) is 60.2 Å². The van der Waals surface area contributed by atoms with Crippen molar-refractivity contribution in [3.05, 3.63) is 23.8 Å². The van der Waals surface area contributed by atoms with Gasteiger partial charge in [0, 0.05) is 0 Å². The fraction of sp³-hybridized carbons (Fsp3) is 0.500. The number of anilines is 1. The summed E-state index contributed by atoms with van der Waals surface area (Å²) in [6.07, 6.45) is 0.852. The number of hydrogen-bond donors (Lipinski definition) is 1. The van der Waals surface area contributed by atoms with Crippen LogP contribution in [0.1, 0.15) is 25.8 Å². The Morgan fingerprint density at radius 1 is 1.38 bits per heavy atom. The Morgan fingerprint density at radius 3 is 2.56 bits per heavy atom. The van der Waals surface area contributed by atoms with E-state index >= 15 is 0 Å². The van der Waals surface area contributed by atoms with Crippen LogP contribution in [-0.4, -0.2) is 14.2 Å². The molecule has 90 valence electrons. The minimum atomic E-state index is -3.25. The van der Waals surface area contributed by atoms with E-state index < -0.39 is 9.84 Å². The van der Waals surface area contributed by atoms with Crippen LogP contribution in [0.4, 0.5) is 5.69 Å². The lowest BCUT2D eigenvalue weighted by Crippen LogP contribution is -2.15. The molecule has 0 saturated heterocycles. The molecule has 0 aromatic heterocycles. The van der Waals surface area contributed by atoms with Gasteiger partial charge in [-0.2, -0.15) is 0 Å². The summed E-state index contributed by atoms with van der Waals surface area (Å²) in [4.78, 5) is 0.271. The second-order valence-corrected chi connectivity index (χ2v) is 6.28. The van der Waals surface area contributed by atoms with Crippen LogP contribution in [0.3, 0.4) is 0 Å². The number of aryl methyl sites for hydroxylation is 1. The maximum atomic E-state index is 12.1. The lowest BCUT2D eigenvalue weighted by atomic mass is 10.2. The molecule has 0 spiro atoms. The van der Waals surface area contributed by atoms with Crippen LogP contribution in [0.15, 0.2) is 23.1 Å². The average Bonchev–Trinajstić information content (AvgIpc) is 2.21. The zero-order chi connectivity index (χ0) is 12.3. The second kappa shape index (κ2) is 4.87. The molecule has 0 amide bonds. The molecular weight excluding hydrogens is 222 g/mol. The van der Waals surface area contributed by atoms with Gasteiger partial charge in [0.2, 0.25) is 0 Å². The van der Waals surface area contributed by atoms with Crippen LogP contribution in [0, 0.1) is 12.8 Å². The average molecular weight is 241 g/mol. The van der Waals surface area contributed by atoms with Crippen molar-refractivity contribution >= 4 is 15.5 Å². The predicted molar refractivity (Wildman–Crippen MR) is 67.1 cm³/mol. The molecule has 1 rings (SSSR count). The first-order valence-corrected chi connectivity index (χ1v) is 7.11. The third-order valence-corrected chi connectivity index (χ3v) is 4.85. The van der Waals surface area contributed by atoms with Gasteiger partial charge < -0.3 is 5.73 Å². The summed E-state index contributed by atoms with van der Waals surface area (Å²) in [5.74, 6) is 0.321. The molecule has 0 bridgehead atoms. The van der Waals surface area contributed by atoms with Gasteiger partial charge in [0.1, 0.15) is 0 Å². The van der Waals surface area contributed by atoms with E-state index in [0.717, 1.165) is 12.0 Å². The van der Waals surface area contributed by atoms with Crippen molar-refractivity contribution in [1.29, 1.82) is 0 Å². The van der Waals surface area contributed by atoms with Crippen LogP contribution in [0.5, 0.6) is 0 Å². The molecule has 16 heavy (non-hydrogen) atoms. The summed E-state index contributed by atoms with van der Waals surface area (Å²) in [6, 6.07) is 5.13. The lowest BCUT2D eigenvalue weighted by Gasteiger charge is -2.12. The number of sulfone groups is 1. The molecular formula is C12H19NO2S. The third kappa shape index (κ3) is 2.76. The number of nitrogens with two attached hydrogens (primary N) is 1. The van der Waals surface area contributed by atoms with E-state index in [2.05, 4.69) is 0 Å². The van der Waals surface area contributed by atoms with Crippen molar-refractivity contribution < 1.29 is 8.42 Å². The minimum Gasteiger partial charge on any atom is -0.397 e. The fourth-order valence-corrected chi connectivity index (χ4v) is 3.45. The van der Waals surface area contributed by atoms with Gasteiger partial charge in [0.05, 0.1) is 16.3 Å². The molecule has 1 aromatic rings. The second-order valence-electron chi connectivity index (χ2n) is 4.28. The first-order chi connectivity index (χ1) is 7.38. The zero-order valence-corrected chi connectivity index (χ0v) is 10.8. The normalized spacial score (nSPS) is 13.7. The van der Waals surface area contributed by atoms with Crippen LogP contribution >= 0.6 is 0 Å². The standard InChI is InChI=1S/C12H19NO2S/c1-4-9(2)8-16(14,15)11-7-5-6-10(3)12(11)13/h5-7,9H,4,8,13H2,1-3H3. The third-order valence-electron chi connectivity index (χ3n) is 2.82. The van der Waals surface area contributed by atoms with E-state index in [9.17, 15) is 8.42 Å². The molecule has 0 fully saturated rings. The highest BCUT2D eigenvalue weighted by atomic mass is 32.2. The smallest absolute Gasteiger partial charge is 0.180 e. The van der Waals surface area contributed by atoms with Crippen molar-refractivity contribution in [2.24, 2.45) is 5.92 Å². The van der Waals surface area contributed by atoms with Crippen LogP contribution < -0.4 is 5.73 Å². The van der Waals surface area contributed by atoms with Crippen LogP contribution in [0.25, 0.3) is 0 Å². The van der Waals surface area contributed by atoms with E-state index in [1.54, 1.807) is 12.1 Å². The zero-order valence-electron chi connectivity index (χ0n) is 10.0. The van der Waals surface area contributed by atoms with Gasteiger partial charge in [-0.3, -0.25) is 0 Å². The van der Waals surface area contributed by atoms with Gasteiger partial charge in [-0.25, -0.2) is 8.42 Å². The summed E-state index contributed by atoms with van der Waals surface area (Å²) in [6.45, 7) is 5.74. The summed E-state index contributed by atoms with van der Waals surface area (Å²) >= 11 is 0. The first-order valence-electron chi connectivity index (χ1n) is 5.46. The molecule has 0 aliphatic carbocycles. The Morgan fingerprint density at radius 2 is 2.00 bits per heavy atom. The van der Waals surface area contributed by atoms with Crippen molar-refractivity contribution in [1.82, 2.24) is 0 Å². The SMILES string of the molecule is CCC(C)CS(=O)(=O)c1cccc(C)c1N. The predicted octanol–water partition coefficient (Wildman–Crippen LogP) is 2.40. The number of hydrogen-bond acceptors (Lipinski definition) is 3. The molecule has 1 atom stereocenters. The Labute approximate surface area is 97.6 Å². The van der Waals surface area contributed by atoms with Gasteiger partial charge >= 0.3 is 0 Å². The quantitative estimate of drug-likeness (QED) is 0.823. The summed E-state index contributed by atoms with van der Waals surface area (Å²) in [5.41, 5.74) is 7.00. The van der Waals surface area contributed by atoms with E-state index in [0.29, 0.717) is 5.69 Å². The van der Waals surface area contributed by atoms with Gasteiger partial charge in [0.25, 0.3) is 0 Å². The van der Waals surface area contributed by atoms with Crippen molar-refractivity contribution in [3.63, 3.8) is 0 Å². The fourth-order valence-electron chi connectivity index (χ4n) is 1.51. The maximum absolute atomic E-state index is 12.1. The Balaban J connectivity index is 3.13. The molecule has 1 unspecified atom stereocenters. The molecule has 3 nitrogen and oxygen atoms in total. The molecule has 0 radical (unpaired) electrons. The number of para-hydroxylation sites is 1. The van der Waals surface area contributed by atoms with E-state index in [1.807, 2.05) is 26.8 Å². The number of rotatable bonds is 4. The first kappa shape index (κ1) is 13.0. The highest BCUT2D eigenvalue weighted by molar-refractivity contribution is 7.91. The van der Waals surface area contributed by atoms with Gasteiger partial charge in [-0.15, -0.1) is 0 Å². The highest BCUT2D eigenvalue weighted by Crippen LogP contribution is 2.24. The van der Waals surface area contributed by atoms with E-state index in [-0.39, 0.29) is 16.6 Å². The lowest BCUT2D eigenvalue weighted by molar-refractivity contribution is 0.564. The summed E-state index contributed by atoms with van der Waals surface area (Å²) in [7, 11) is -3.25. The maximum Gasteiger partial charge on any atom is 0.180 e. The number of benzene rings is 1. The molecule has 0 heterocycles. The molecule has 1 aromatic carbocycles. The minimum absolute atomic E-state index is 0.157. The van der Waals surface area contributed by atoms with Crippen molar-refractivity contribution in [3.8, 4) is 0 Å². The van der Waals surface area contributed by atoms with Crippen molar-refractivity contribution in [2.75, 3.05) is 11.5 Å². The molecule has 4 heteroatoms. The molecule has 0 saturated carbocycles. The Kier molecular flexibility index (Phi) is 3.97. The Hall–Kier alpha value is -1.03. The van der Waals surface area contributed by atoms with E-state index in [4.69, 9.17) is 5.73 Å². The van der Waals surface area contributed by atoms with Gasteiger partial charge in [-0.05, 0) is 24.5 Å². The molecule has 2 N–H and O–H groups in total. The highest BCUT2D eigenvalue weighted by Gasteiger charge is 2.20.